The molecule has 0 radical (unpaired) electrons. The van der Waals surface area contributed by atoms with Crippen LogP contribution in [0.5, 0.6) is 0 Å². The van der Waals surface area contributed by atoms with E-state index in [0.717, 1.165) is 17.7 Å². The normalized spacial score (nSPS) is 12.4. The molecule has 0 aromatic heterocycles. The van der Waals surface area contributed by atoms with Crippen LogP contribution in [0.2, 0.25) is 5.02 Å². The number of carbonyl (C=O) groups is 1. The molecule has 4 heteroatoms. The lowest BCUT2D eigenvalue weighted by Gasteiger charge is -2.12. The summed E-state index contributed by atoms with van der Waals surface area (Å²) in [5.74, 6) is -0.765. The summed E-state index contributed by atoms with van der Waals surface area (Å²) in [5, 5.41) is 9.31. The highest BCUT2D eigenvalue weighted by atomic mass is 35.5. The van der Waals surface area contributed by atoms with E-state index < -0.39 is 11.2 Å². The van der Waals surface area contributed by atoms with Crippen LogP contribution in [0.1, 0.15) is 26.2 Å². The highest BCUT2D eigenvalue weighted by Gasteiger charge is 2.19. The zero-order valence-corrected chi connectivity index (χ0v) is 10.7. The van der Waals surface area contributed by atoms with E-state index in [2.05, 4.69) is 6.92 Å². The summed E-state index contributed by atoms with van der Waals surface area (Å²) in [6.45, 7) is 2.05. The first-order chi connectivity index (χ1) is 7.65. The van der Waals surface area contributed by atoms with Gasteiger partial charge in [0.15, 0.2) is 0 Å². The summed E-state index contributed by atoms with van der Waals surface area (Å²) in [6, 6.07) is 7.35. The fourth-order valence-corrected chi connectivity index (χ4v) is 2.61. The van der Waals surface area contributed by atoms with Crippen LogP contribution in [0.15, 0.2) is 29.2 Å². The zero-order valence-electron chi connectivity index (χ0n) is 9.15. The van der Waals surface area contributed by atoms with Crippen molar-refractivity contribution >= 4 is 29.3 Å². The topological polar surface area (TPSA) is 37.3 Å². The SMILES string of the molecule is CCCCC(Sc1ccccc1Cl)C(=O)O. The molecule has 1 aromatic carbocycles. The van der Waals surface area contributed by atoms with Gasteiger partial charge in [-0.3, -0.25) is 4.79 Å². The van der Waals surface area contributed by atoms with E-state index in [-0.39, 0.29) is 0 Å². The lowest BCUT2D eigenvalue weighted by Crippen LogP contribution is -2.15. The minimum atomic E-state index is -0.765. The fourth-order valence-electron chi connectivity index (χ4n) is 1.32. The molecule has 0 aliphatic rings. The largest absolute Gasteiger partial charge is 0.480 e. The number of hydrogen-bond acceptors (Lipinski definition) is 2. The Morgan fingerprint density at radius 2 is 2.19 bits per heavy atom. The van der Waals surface area contributed by atoms with Crippen LogP contribution < -0.4 is 0 Å². The van der Waals surface area contributed by atoms with Crippen LogP contribution in [0.25, 0.3) is 0 Å². The Hall–Kier alpha value is -0.670. The third kappa shape index (κ3) is 4.06. The number of benzene rings is 1. The fraction of sp³-hybridized carbons (Fsp3) is 0.417. The van der Waals surface area contributed by atoms with Crippen molar-refractivity contribution in [3.05, 3.63) is 29.3 Å². The Balaban J connectivity index is 2.68. The van der Waals surface area contributed by atoms with Gasteiger partial charge in [-0.05, 0) is 18.6 Å². The van der Waals surface area contributed by atoms with Gasteiger partial charge >= 0.3 is 5.97 Å². The van der Waals surface area contributed by atoms with Gasteiger partial charge in [0.05, 0.1) is 5.02 Å². The molecule has 1 aromatic rings. The monoisotopic (exact) mass is 258 g/mol. The van der Waals surface area contributed by atoms with Crippen molar-refractivity contribution < 1.29 is 9.90 Å². The van der Waals surface area contributed by atoms with Crippen LogP contribution in [-0.2, 0) is 4.79 Å². The summed E-state index contributed by atoms with van der Waals surface area (Å²) in [5.41, 5.74) is 0. The molecule has 16 heavy (non-hydrogen) atoms. The van der Waals surface area contributed by atoms with Crippen LogP contribution in [0.3, 0.4) is 0 Å². The standard InChI is InChI=1S/C12H15ClO2S/c1-2-3-7-11(12(14)15)16-10-8-5-4-6-9(10)13/h4-6,8,11H,2-3,7H2,1H3,(H,14,15). The van der Waals surface area contributed by atoms with Gasteiger partial charge in [0.2, 0.25) is 0 Å². The molecule has 1 atom stereocenters. The molecule has 0 spiro atoms. The molecule has 0 heterocycles. The predicted molar refractivity (Wildman–Crippen MR) is 68.3 cm³/mol. The lowest BCUT2D eigenvalue weighted by atomic mass is 10.2. The molecule has 0 saturated carbocycles. The van der Waals surface area contributed by atoms with Crippen LogP contribution >= 0.6 is 23.4 Å². The zero-order chi connectivity index (χ0) is 12.0. The predicted octanol–water partition coefficient (Wildman–Crippen LogP) is 4.08. The molecule has 1 rings (SSSR count). The second-order valence-corrected chi connectivity index (χ2v) is 5.17. The van der Waals surface area contributed by atoms with Gasteiger partial charge in [0, 0.05) is 4.90 Å². The summed E-state index contributed by atoms with van der Waals surface area (Å²) in [7, 11) is 0. The van der Waals surface area contributed by atoms with E-state index in [1.807, 2.05) is 18.2 Å². The molecular weight excluding hydrogens is 244 g/mol. The highest BCUT2D eigenvalue weighted by molar-refractivity contribution is 8.00. The number of halogens is 1. The van der Waals surface area contributed by atoms with E-state index >= 15 is 0 Å². The van der Waals surface area contributed by atoms with Crippen molar-refractivity contribution in [2.45, 2.75) is 36.3 Å². The second kappa shape index (κ2) is 6.81. The molecule has 0 bridgehead atoms. The smallest absolute Gasteiger partial charge is 0.316 e. The van der Waals surface area contributed by atoms with Crippen molar-refractivity contribution in [3.8, 4) is 0 Å². The van der Waals surface area contributed by atoms with Crippen LogP contribution in [0.4, 0.5) is 0 Å². The molecule has 0 aliphatic heterocycles. The summed E-state index contributed by atoms with van der Waals surface area (Å²) < 4.78 is 0. The molecule has 88 valence electrons. The molecule has 1 N–H and O–H groups in total. The maximum absolute atomic E-state index is 11.1. The number of aliphatic carboxylic acids is 1. The minimum absolute atomic E-state index is 0.403. The van der Waals surface area contributed by atoms with Gasteiger partial charge in [0.1, 0.15) is 5.25 Å². The van der Waals surface area contributed by atoms with Gasteiger partial charge in [-0.1, -0.05) is 43.5 Å². The quantitative estimate of drug-likeness (QED) is 0.782. The van der Waals surface area contributed by atoms with Gasteiger partial charge in [-0.15, -0.1) is 11.8 Å². The molecule has 0 fully saturated rings. The Labute approximate surface area is 105 Å². The first-order valence-electron chi connectivity index (χ1n) is 5.29. The minimum Gasteiger partial charge on any atom is -0.480 e. The number of carboxylic acids is 1. The third-order valence-electron chi connectivity index (χ3n) is 2.20. The Morgan fingerprint density at radius 3 is 2.75 bits per heavy atom. The van der Waals surface area contributed by atoms with Crippen molar-refractivity contribution in [1.82, 2.24) is 0 Å². The number of hydrogen-bond donors (Lipinski definition) is 1. The van der Waals surface area contributed by atoms with Gasteiger partial charge in [-0.25, -0.2) is 0 Å². The van der Waals surface area contributed by atoms with Crippen molar-refractivity contribution in [2.24, 2.45) is 0 Å². The average molecular weight is 259 g/mol. The van der Waals surface area contributed by atoms with E-state index in [4.69, 9.17) is 16.7 Å². The Kier molecular flexibility index (Phi) is 5.71. The van der Waals surface area contributed by atoms with Crippen molar-refractivity contribution in [3.63, 3.8) is 0 Å². The number of thioether (sulfide) groups is 1. The number of unbranched alkanes of at least 4 members (excludes halogenated alkanes) is 1. The Morgan fingerprint density at radius 1 is 1.50 bits per heavy atom. The molecular formula is C12H15ClO2S. The lowest BCUT2D eigenvalue weighted by molar-refractivity contribution is -0.136. The van der Waals surface area contributed by atoms with Gasteiger partial charge < -0.3 is 5.11 Å². The van der Waals surface area contributed by atoms with E-state index in [1.165, 1.54) is 11.8 Å². The highest BCUT2D eigenvalue weighted by Crippen LogP contribution is 2.32. The van der Waals surface area contributed by atoms with Crippen molar-refractivity contribution in [2.75, 3.05) is 0 Å². The van der Waals surface area contributed by atoms with Crippen LogP contribution in [-0.4, -0.2) is 16.3 Å². The first-order valence-corrected chi connectivity index (χ1v) is 6.55. The second-order valence-electron chi connectivity index (χ2n) is 3.52. The van der Waals surface area contributed by atoms with Crippen LogP contribution in [0, 0.1) is 0 Å². The summed E-state index contributed by atoms with van der Waals surface area (Å²) in [6.07, 6.45) is 2.61. The maximum atomic E-state index is 11.1. The molecule has 0 amide bonds. The third-order valence-corrected chi connectivity index (χ3v) is 3.97. The number of carboxylic acid groups (broad SMARTS) is 1. The molecule has 0 aliphatic carbocycles. The molecule has 1 unspecified atom stereocenters. The maximum Gasteiger partial charge on any atom is 0.316 e. The number of rotatable bonds is 6. The molecule has 2 nitrogen and oxygen atoms in total. The molecule has 0 saturated heterocycles. The van der Waals surface area contributed by atoms with Gasteiger partial charge in [0.25, 0.3) is 0 Å². The van der Waals surface area contributed by atoms with E-state index in [9.17, 15) is 4.79 Å². The first kappa shape index (κ1) is 13.4. The Bertz CT molecular complexity index is 355. The van der Waals surface area contributed by atoms with E-state index in [0.29, 0.717) is 11.4 Å². The van der Waals surface area contributed by atoms with E-state index in [1.54, 1.807) is 6.07 Å². The van der Waals surface area contributed by atoms with Gasteiger partial charge in [-0.2, -0.15) is 0 Å². The summed E-state index contributed by atoms with van der Waals surface area (Å²) >= 11 is 7.33. The van der Waals surface area contributed by atoms with Crippen molar-refractivity contribution in [1.29, 1.82) is 0 Å². The average Bonchev–Trinajstić information content (AvgIpc) is 2.26. The summed E-state index contributed by atoms with van der Waals surface area (Å²) in [4.78, 5) is 11.9.